The Bertz CT molecular complexity index is 367. The summed E-state index contributed by atoms with van der Waals surface area (Å²) < 4.78 is 5.52. The Balaban J connectivity index is 2.78. The largest absolute Gasteiger partial charge is 0.380 e. The average molecular weight is 290 g/mol. The molecule has 2 atom stereocenters. The zero-order chi connectivity index (χ0) is 13.5. The highest BCUT2D eigenvalue weighted by Crippen LogP contribution is 2.23. The lowest BCUT2D eigenvalue weighted by atomic mass is 9.99. The summed E-state index contributed by atoms with van der Waals surface area (Å²) in [5.74, 6) is 0. The molecule has 0 saturated carbocycles. The standard InChI is InChI=1S/C14H21Cl2NO/c1-4-14(18-3)13(17-5-2)9-10-6-7-11(15)12(16)8-10/h6-8,13-14,17H,4-5,9H2,1-3H3. The minimum Gasteiger partial charge on any atom is -0.380 e. The zero-order valence-electron chi connectivity index (χ0n) is 11.2. The molecule has 4 heteroatoms. The molecule has 0 aliphatic carbocycles. The molecule has 0 spiro atoms. The van der Waals surface area contributed by atoms with E-state index in [-0.39, 0.29) is 6.10 Å². The smallest absolute Gasteiger partial charge is 0.0724 e. The topological polar surface area (TPSA) is 21.3 Å². The van der Waals surface area contributed by atoms with E-state index in [4.69, 9.17) is 27.9 Å². The summed E-state index contributed by atoms with van der Waals surface area (Å²) in [6.45, 7) is 5.16. The number of methoxy groups -OCH3 is 1. The van der Waals surface area contributed by atoms with Crippen molar-refractivity contribution in [2.75, 3.05) is 13.7 Å². The van der Waals surface area contributed by atoms with Gasteiger partial charge in [0.25, 0.3) is 0 Å². The maximum Gasteiger partial charge on any atom is 0.0724 e. The molecule has 102 valence electrons. The van der Waals surface area contributed by atoms with Crippen molar-refractivity contribution < 1.29 is 4.74 Å². The number of ether oxygens (including phenoxy) is 1. The molecule has 1 aromatic rings. The fraction of sp³-hybridized carbons (Fsp3) is 0.571. The van der Waals surface area contributed by atoms with Crippen molar-refractivity contribution in [2.24, 2.45) is 0 Å². The SMILES string of the molecule is CCNC(Cc1ccc(Cl)c(Cl)c1)C(CC)OC. The molecule has 2 unspecified atom stereocenters. The Hall–Kier alpha value is -0.280. The first-order chi connectivity index (χ1) is 8.62. The fourth-order valence-corrected chi connectivity index (χ4v) is 2.45. The quantitative estimate of drug-likeness (QED) is 0.821. The predicted octanol–water partition coefficient (Wildman–Crippen LogP) is 3.94. The summed E-state index contributed by atoms with van der Waals surface area (Å²) >= 11 is 12.0. The van der Waals surface area contributed by atoms with E-state index < -0.39 is 0 Å². The average Bonchev–Trinajstić information content (AvgIpc) is 2.35. The number of likely N-dealkylation sites (N-methyl/N-ethyl adjacent to an activating group) is 1. The van der Waals surface area contributed by atoms with Gasteiger partial charge in [0.15, 0.2) is 0 Å². The van der Waals surface area contributed by atoms with E-state index in [0.717, 1.165) is 19.4 Å². The van der Waals surface area contributed by atoms with Gasteiger partial charge in [-0.25, -0.2) is 0 Å². The Morgan fingerprint density at radius 3 is 2.44 bits per heavy atom. The summed E-state index contributed by atoms with van der Waals surface area (Å²) in [5, 5.41) is 4.67. The lowest BCUT2D eigenvalue weighted by molar-refractivity contribution is 0.0658. The second-order valence-corrected chi connectivity index (χ2v) is 5.11. The van der Waals surface area contributed by atoms with E-state index in [1.807, 2.05) is 18.2 Å². The summed E-state index contributed by atoms with van der Waals surface area (Å²) in [4.78, 5) is 0. The summed E-state index contributed by atoms with van der Waals surface area (Å²) in [7, 11) is 1.76. The molecule has 0 radical (unpaired) electrons. The van der Waals surface area contributed by atoms with Gasteiger partial charge in [-0.05, 0) is 37.1 Å². The molecular formula is C14H21Cl2NO. The Kier molecular flexibility index (Phi) is 7.02. The van der Waals surface area contributed by atoms with Crippen LogP contribution in [0.3, 0.4) is 0 Å². The molecular weight excluding hydrogens is 269 g/mol. The number of nitrogens with one attached hydrogen (secondary N) is 1. The molecule has 0 aliphatic rings. The number of hydrogen-bond donors (Lipinski definition) is 1. The van der Waals surface area contributed by atoms with E-state index in [1.165, 1.54) is 5.56 Å². The van der Waals surface area contributed by atoms with Gasteiger partial charge in [-0.3, -0.25) is 0 Å². The van der Waals surface area contributed by atoms with Gasteiger partial charge in [0, 0.05) is 13.2 Å². The summed E-state index contributed by atoms with van der Waals surface area (Å²) in [5.41, 5.74) is 1.17. The highest BCUT2D eigenvalue weighted by molar-refractivity contribution is 6.42. The molecule has 18 heavy (non-hydrogen) atoms. The van der Waals surface area contributed by atoms with Gasteiger partial charge in [-0.1, -0.05) is 43.1 Å². The summed E-state index contributed by atoms with van der Waals surface area (Å²) in [6, 6.07) is 6.08. The Labute approximate surface area is 120 Å². The summed E-state index contributed by atoms with van der Waals surface area (Å²) in [6.07, 6.45) is 2.08. The lowest BCUT2D eigenvalue weighted by Crippen LogP contribution is -2.42. The van der Waals surface area contributed by atoms with E-state index in [9.17, 15) is 0 Å². The van der Waals surface area contributed by atoms with Crippen molar-refractivity contribution in [1.29, 1.82) is 0 Å². The number of benzene rings is 1. The first-order valence-corrected chi connectivity index (χ1v) is 7.08. The van der Waals surface area contributed by atoms with Gasteiger partial charge in [-0.2, -0.15) is 0 Å². The van der Waals surface area contributed by atoms with Crippen LogP contribution in [-0.2, 0) is 11.2 Å². The van der Waals surface area contributed by atoms with Gasteiger partial charge in [0.1, 0.15) is 0 Å². The van der Waals surface area contributed by atoms with Gasteiger partial charge in [-0.15, -0.1) is 0 Å². The van der Waals surface area contributed by atoms with Crippen molar-refractivity contribution in [3.8, 4) is 0 Å². The van der Waals surface area contributed by atoms with Gasteiger partial charge in [0.2, 0.25) is 0 Å². The highest BCUT2D eigenvalue weighted by Gasteiger charge is 2.19. The number of rotatable bonds is 7. The van der Waals surface area contributed by atoms with E-state index in [1.54, 1.807) is 7.11 Å². The molecule has 0 saturated heterocycles. The molecule has 0 bridgehead atoms. The third kappa shape index (κ3) is 4.43. The van der Waals surface area contributed by atoms with Crippen LogP contribution in [0.2, 0.25) is 10.0 Å². The third-order valence-corrected chi connectivity index (χ3v) is 3.80. The van der Waals surface area contributed by atoms with Crippen LogP contribution >= 0.6 is 23.2 Å². The molecule has 0 aliphatic heterocycles. The predicted molar refractivity (Wildman–Crippen MR) is 78.7 cm³/mol. The monoisotopic (exact) mass is 289 g/mol. The molecule has 1 N–H and O–H groups in total. The second kappa shape index (κ2) is 8.00. The van der Waals surface area contributed by atoms with Crippen LogP contribution in [0.5, 0.6) is 0 Å². The molecule has 0 amide bonds. The number of hydrogen-bond acceptors (Lipinski definition) is 2. The van der Waals surface area contributed by atoms with E-state index in [0.29, 0.717) is 16.1 Å². The maximum absolute atomic E-state index is 6.04. The normalized spacial score (nSPS) is 14.5. The van der Waals surface area contributed by atoms with Crippen LogP contribution in [0, 0.1) is 0 Å². The second-order valence-electron chi connectivity index (χ2n) is 4.30. The Morgan fingerprint density at radius 1 is 1.22 bits per heavy atom. The molecule has 0 fully saturated rings. The van der Waals surface area contributed by atoms with E-state index >= 15 is 0 Å². The third-order valence-electron chi connectivity index (χ3n) is 3.06. The molecule has 0 heterocycles. The minimum absolute atomic E-state index is 0.208. The van der Waals surface area contributed by atoms with Crippen molar-refractivity contribution in [2.45, 2.75) is 38.8 Å². The first-order valence-electron chi connectivity index (χ1n) is 6.32. The van der Waals surface area contributed by atoms with Crippen LogP contribution in [-0.4, -0.2) is 25.8 Å². The van der Waals surface area contributed by atoms with Gasteiger partial charge < -0.3 is 10.1 Å². The van der Waals surface area contributed by atoms with Gasteiger partial charge >= 0.3 is 0 Å². The van der Waals surface area contributed by atoms with Crippen molar-refractivity contribution in [3.05, 3.63) is 33.8 Å². The molecule has 0 aromatic heterocycles. The van der Waals surface area contributed by atoms with Crippen LogP contribution in [0.25, 0.3) is 0 Å². The van der Waals surface area contributed by atoms with Crippen molar-refractivity contribution in [1.82, 2.24) is 5.32 Å². The molecule has 1 rings (SSSR count). The fourth-order valence-electron chi connectivity index (χ4n) is 2.13. The van der Waals surface area contributed by atoms with Crippen LogP contribution in [0.1, 0.15) is 25.8 Å². The first kappa shape index (κ1) is 15.8. The lowest BCUT2D eigenvalue weighted by Gasteiger charge is -2.26. The van der Waals surface area contributed by atoms with E-state index in [2.05, 4.69) is 19.2 Å². The van der Waals surface area contributed by atoms with Crippen LogP contribution in [0.4, 0.5) is 0 Å². The molecule has 1 aromatic carbocycles. The van der Waals surface area contributed by atoms with Crippen LogP contribution < -0.4 is 5.32 Å². The highest BCUT2D eigenvalue weighted by atomic mass is 35.5. The van der Waals surface area contributed by atoms with Crippen LogP contribution in [0.15, 0.2) is 18.2 Å². The molecule has 2 nitrogen and oxygen atoms in total. The zero-order valence-corrected chi connectivity index (χ0v) is 12.7. The van der Waals surface area contributed by atoms with Gasteiger partial charge in [0.05, 0.1) is 16.1 Å². The number of halogens is 2. The minimum atomic E-state index is 0.208. The van der Waals surface area contributed by atoms with Crippen molar-refractivity contribution in [3.63, 3.8) is 0 Å². The van der Waals surface area contributed by atoms with Crippen molar-refractivity contribution >= 4 is 23.2 Å². The maximum atomic E-state index is 6.04. The Morgan fingerprint density at radius 2 is 1.94 bits per heavy atom.